The molecule has 0 radical (unpaired) electrons. The topological polar surface area (TPSA) is 49.8 Å². The van der Waals surface area contributed by atoms with Gasteiger partial charge in [-0.2, -0.15) is 5.26 Å². The van der Waals surface area contributed by atoms with E-state index in [1.54, 1.807) is 0 Å². The van der Waals surface area contributed by atoms with Gasteiger partial charge in [-0.1, -0.05) is 6.07 Å². The monoisotopic (exact) mass is 206 g/mol. The largest absolute Gasteiger partial charge is 0.439 e. The second-order valence-electron chi connectivity index (χ2n) is 2.88. The summed E-state index contributed by atoms with van der Waals surface area (Å²) < 4.78 is 5.35. The first-order valence-electron chi connectivity index (χ1n) is 4.15. The van der Waals surface area contributed by atoms with Gasteiger partial charge in [0.15, 0.2) is 5.58 Å². The van der Waals surface area contributed by atoms with Crippen LogP contribution in [0.25, 0.3) is 11.1 Å². The lowest BCUT2D eigenvalue weighted by Crippen LogP contribution is -1.79. The molecule has 0 aliphatic rings. The fraction of sp³-hybridized carbons (Fsp3) is 0.200. The van der Waals surface area contributed by atoms with Gasteiger partial charge in [0.1, 0.15) is 5.52 Å². The molecule has 0 amide bonds. The molecule has 3 nitrogen and oxygen atoms in total. The Labute approximate surface area is 85.9 Å². The van der Waals surface area contributed by atoms with Crippen molar-refractivity contribution in [1.29, 1.82) is 5.26 Å². The summed E-state index contributed by atoms with van der Waals surface area (Å²) >= 11 is 5.59. The summed E-state index contributed by atoms with van der Waals surface area (Å²) in [5.41, 5.74) is 2.40. The third-order valence-electron chi connectivity index (χ3n) is 1.89. The minimum atomic E-state index is 0.266. The summed E-state index contributed by atoms with van der Waals surface area (Å²) in [5, 5.41) is 8.53. The van der Waals surface area contributed by atoms with E-state index in [1.807, 2.05) is 18.2 Å². The summed E-state index contributed by atoms with van der Waals surface area (Å²) in [6.45, 7) is 0. The standard InChI is InChI=1S/C10H7ClN2O/c11-6-10-13-8-2-1-7(3-4-12)5-9(8)14-10/h1-2,5H,3,6H2. The van der Waals surface area contributed by atoms with E-state index in [0.29, 0.717) is 17.9 Å². The SMILES string of the molecule is N#CCc1ccc2nc(CCl)oc2c1. The van der Waals surface area contributed by atoms with Gasteiger partial charge in [0.25, 0.3) is 0 Å². The first-order chi connectivity index (χ1) is 6.83. The van der Waals surface area contributed by atoms with Crippen LogP contribution >= 0.6 is 11.6 Å². The van der Waals surface area contributed by atoms with Crippen LogP contribution in [-0.2, 0) is 12.3 Å². The van der Waals surface area contributed by atoms with Gasteiger partial charge in [-0.15, -0.1) is 11.6 Å². The maximum absolute atomic E-state index is 8.53. The van der Waals surface area contributed by atoms with Gasteiger partial charge in [0.2, 0.25) is 5.89 Å². The van der Waals surface area contributed by atoms with Crippen LogP contribution in [0.5, 0.6) is 0 Å². The average molecular weight is 207 g/mol. The van der Waals surface area contributed by atoms with Gasteiger partial charge < -0.3 is 4.42 Å². The van der Waals surface area contributed by atoms with Crippen molar-refractivity contribution >= 4 is 22.7 Å². The van der Waals surface area contributed by atoms with Gasteiger partial charge in [-0.3, -0.25) is 0 Å². The summed E-state index contributed by atoms with van der Waals surface area (Å²) in [7, 11) is 0. The zero-order valence-electron chi connectivity index (χ0n) is 7.33. The highest BCUT2D eigenvalue weighted by Crippen LogP contribution is 2.18. The number of halogens is 1. The Morgan fingerprint density at radius 3 is 3.07 bits per heavy atom. The van der Waals surface area contributed by atoms with Crippen molar-refractivity contribution in [3.63, 3.8) is 0 Å². The van der Waals surface area contributed by atoms with Crippen molar-refractivity contribution in [2.45, 2.75) is 12.3 Å². The van der Waals surface area contributed by atoms with Gasteiger partial charge in [-0.05, 0) is 17.7 Å². The van der Waals surface area contributed by atoms with Gasteiger partial charge in [0, 0.05) is 0 Å². The van der Waals surface area contributed by atoms with Gasteiger partial charge in [0.05, 0.1) is 18.4 Å². The minimum absolute atomic E-state index is 0.266. The molecule has 0 bridgehead atoms. The summed E-state index contributed by atoms with van der Waals surface area (Å²) in [6.07, 6.45) is 0.382. The Balaban J connectivity index is 2.49. The second-order valence-corrected chi connectivity index (χ2v) is 3.15. The molecule has 70 valence electrons. The van der Waals surface area contributed by atoms with Crippen LogP contribution in [0, 0.1) is 11.3 Å². The number of rotatable bonds is 2. The molecule has 2 rings (SSSR count). The molecule has 0 unspecified atom stereocenters. The van der Waals surface area contributed by atoms with Crippen LogP contribution in [0.1, 0.15) is 11.5 Å². The highest BCUT2D eigenvalue weighted by Gasteiger charge is 2.04. The van der Waals surface area contributed by atoms with Crippen LogP contribution in [0.15, 0.2) is 22.6 Å². The molecule has 1 heterocycles. The normalized spacial score (nSPS) is 10.3. The van der Waals surface area contributed by atoms with Crippen molar-refractivity contribution in [1.82, 2.24) is 4.98 Å². The van der Waals surface area contributed by atoms with Crippen molar-refractivity contribution < 1.29 is 4.42 Å². The Morgan fingerprint density at radius 2 is 2.36 bits per heavy atom. The second kappa shape index (κ2) is 3.69. The quantitative estimate of drug-likeness (QED) is 0.710. The third-order valence-corrected chi connectivity index (χ3v) is 2.12. The van der Waals surface area contributed by atoms with E-state index in [0.717, 1.165) is 11.1 Å². The molecule has 0 saturated heterocycles. The molecule has 0 aliphatic heterocycles. The number of aromatic nitrogens is 1. The van der Waals surface area contributed by atoms with Crippen molar-refractivity contribution in [3.05, 3.63) is 29.7 Å². The molecule has 1 aromatic carbocycles. The Morgan fingerprint density at radius 1 is 1.50 bits per heavy atom. The van der Waals surface area contributed by atoms with Gasteiger partial charge >= 0.3 is 0 Å². The predicted octanol–water partition coefficient (Wildman–Crippen LogP) is 2.63. The van der Waals surface area contributed by atoms with Crippen molar-refractivity contribution in [2.75, 3.05) is 0 Å². The average Bonchev–Trinajstić information content (AvgIpc) is 2.60. The Hall–Kier alpha value is -1.53. The maximum Gasteiger partial charge on any atom is 0.210 e. The van der Waals surface area contributed by atoms with Crippen LogP contribution in [-0.4, -0.2) is 4.98 Å². The zero-order chi connectivity index (χ0) is 9.97. The van der Waals surface area contributed by atoms with E-state index >= 15 is 0 Å². The minimum Gasteiger partial charge on any atom is -0.439 e. The highest BCUT2D eigenvalue weighted by atomic mass is 35.5. The van der Waals surface area contributed by atoms with Crippen LogP contribution in [0.4, 0.5) is 0 Å². The Bertz CT molecular complexity index is 498. The van der Waals surface area contributed by atoms with Crippen LogP contribution in [0.2, 0.25) is 0 Å². The van der Waals surface area contributed by atoms with E-state index < -0.39 is 0 Å². The molecule has 0 atom stereocenters. The molecular formula is C10H7ClN2O. The molecule has 1 aromatic heterocycles. The number of oxazole rings is 1. The molecule has 0 saturated carbocycles. The molecule has 4 heteroatoms. The number of fused-ring (bicyclic) bond motifs is 1. The van der Waals surface area contributed by atoms with Crippen LogP contribution in [0.3, 0.4) is 0 Å². The fourth-order valence-corrected chi connectivity index (χ4v) is 1.39. The number of hydrogen-bond acceptors (Lipinski definition) is 3. The van der Waals surface area contributed by atoms with Crippen LogP contribution < -0.4 is 0 Å². The van der Waals surface area contributed by atoms with E-state index in [9.17, 15) is 0 Å². The molecule has 0 fully saturated rings. The van der Waals surface area contributed by atoms with E-state index in [-0.39, 0.29) is 5.88 Å². The number of nitriles is 1. The van der Waals surface area contributed by atoms with E-state index in [1.165, 1.54) is 0 Å². The highest BCUT2D eigenvalue weighted by molar-refractivity contribution is 6.16. The van der Waals surface area contributed by atoms with E-state index in [2.05, 4.69) is 11.1 Å². The Kier molecular flexibility index (Phi) is 2.38. The predicted molar refractivity (Wildman–Crippen MR) is 52.9 cm³/mol. The molecular weight excluding hydrogens is 200 g/mol. The molecule has 2 aromatic rings. The number of benzene rings is 1. The number of nitrogens with zero attached hydrogens (tertiary/aromatic N) is 2. The lowest BCUT2D eigenvalue weighted by atomic mass is 10.1. The summed E-state index contributed by atoms with van der Waals surface area (Å²) in [5.74, 6) is 0.776. The molecule has 14 heavy (non-hydrogen) atoms. The summed E-state index contributed by atoms with van der Waals surface area (Å²) in [6, 6.07) is 7.60. The number of hydrogen-bond donors (Lipinski definition) is 0. The molecule has 0 N–H and O–H groups in total. The lowest BCUT2D eigenvalue weighted by molar-refractivity contribution is 0.554. The molecule has 0 spiro atoms. The number of alkyl halides is 1. The lowest BCUT2D eigenvalue weighted by Gasteiger charge is -1.91. The fourth-order valence-electron chi connectivity index (χ4n) is 1.28. The van der Waals surface area contributed by atoms with E-state index in [4.69, 9.17) is 21.3 Å². The van der Waals surface area contributed by atoms with Crippen molar-refractivity contribution in [3.8, 4) is 6.07 Å². The smallest absolute Gasteiger partial charge is 0.210 e. The van der Waals surface area contributed by atoms with Crippen molar-refractivity contribution in [2.24, 2.45) is 0 Å². The third kappa shape index (κ3) is 1.57. The molecule has 0 aliphatic carbocycles. The van der Waals surface area contributed by atoms with Gasteiger partial charge in [-0.25, -0.2) is 4.98 Å². The zero-order valence-corrected chi connectivity index (χ0v) is 8.08. The first kappa shape index (κ1) is 9.04. The maximum atomic E-state index is 8.53. The summed E-state index contributed by atoms with van der Waals surface area (Å²) in [4.78, 5) is 4.15. The first-order valence-corrected chi connectivity index (χ1v) is 4.68.